The summed E-state index contributed by atoms with van der Waals surface area (Å²) in [6, 6.07) is 4.09. The molecule has 1 aliphatic rings. The van der Waals surface area contributed by atoms with Crippen LogP contribution in [0, 0.1) is 5.92 Å². The van der Waals surface area contributed by atoms with Crippen LogP contribution in [0.15, 0.2) is 28.5 Å². The number of ether oxygens (including phenoxy) is 1. The van der Waals surface area contributed by atoms with Crippen molar-refractivity contribution in [1.29, 1.82) is 0 Å². The second-order valence-corrected chi connectivity index (χ2v) is 11.0. The lowest BCUT2D eigenvalue weighted by Gasteiger charge is -2.16. The third kappa shape index (κ3) is 5.11. The van der Waals surface area contributed by atoms with Crippen LogP contribution in [0.3, 0.4) is 0 Å². The fourth-order valence-corrected chi connectivity index (χ4v) is 6.19. The first kappa shape index (κ1) is 23.7. The van der Waals surface area contributed by atoms with Gasteiger partial charge in [0.1, 0.15) is 5.00 Å². The van der Waals surface area contributed by atoms with Crippen LogP contribution < -0.4 is 5.32 Å². The molecule has 0 spiro atoms. The number of hydrogen-bond donors (Lipinski definition) is 1. The number of nitrogens with zero attached hydrogens (tertiary/aromatic N) is 1. The number of amides is 1. The van der Waals surface area contributed by atoms with E-state index in [1.807, 2.05) is 19.2 Å². The standard InChI is InChI=1S/C21H25ClN2O5S2/c1-13(2)10-14-12-30-20(18(14)21(26)29-3)23-19(25)16-11-15(6-7-17(16)22)31(27,28)24-8-4-5-9-24/h6-7,11-13H,4-5,8-10H2,1-3H3,(H,23,25). The van der Waals surface area contributed by atoms with Crippen LogP contribution in [0.2, 0.25) is 5.02 Å². The van der Waals surface area contributed by atoms with Crippen molar-refractivity contribution in [2.24, 2.45) is 5.92 Å². The average molecular weight is 485 g/mol. The van der Waals surface area contributed by atoms with E-state index in [1.54, 1.807) is 0 Å². The molecule has 1 aliphatic heterocycles. The summed E-state index contributed by atoms with van der Waals surface area (Å²) in [5, 5.41) is 4.99. The molecule has 7 nitrogen and oxygen atoms in total. The number of halogens is 1. The predicted molar refractivity (Wildman–Crippen MR) is 122 cm³/mol. The summed E-state index contributed by atoms with van der Waals surface area (Å²) in [5.74, 6) is -0.821. The van der Waals surface area contributed by atoms with Crippen LogP contribution in [-0.2, 0) is 21.2 Å². The van der Waals surface area contributed by atoms with E-state index >= 15 is 0 Å². The maximum atomic E-state index is 13.0. The predicted octanol–water partition coefficient (Wildman–Crippen LogP) is 4.42. The number of anilines is 1. The van der Waals surface area contributed by atoms with Crippen molar-refractivity contribution in [2.45, 2.75) is 38.0 Å². The van der Waals surface area contributed by atoms with Gasteiger partial charge in [-0.3, -0.25) is 4.79 Å². The highest BCUT2D eigenvalue weighted by Crippen LogP contribution is 2.32. The number of methoxy groups -OCH3 is 1. The molecule has 168 valence electrons. The topological polar surface area (TPSA) is 92.8 Å². The maximum absolute atomic E-state index is 13.0. The second kappa shape index (κ2) is 9.68. The molecule has 1 N–H and O–H groups in total. The Morgan fingerprint density at radius 3 is 2.55 bits per heavy atom. The first-order valence-electron chi connectivity index (χ1n) is 9.95. The van der Waals surface area contributed by atoms with E-state index in [4.69, 9.17) is 16.3 Å². The largest absolute Gasteiger partial charge is 0.465 e. The number of benzene rings is 1. The zero-order chi connectivity index (χ0) is 22.8. The van der Waals surface area contributed by atoms with E-state index in [1.165, 1.54) is 41.0 Å². The molecule has 1 amide bonds. The van der Waals surface area contributed by atoms with Gasteiger partial charge in [0.15, 0.2) is 0 Å². The number of rotatable bonds is 7. The van der Waals surface area contributed by atoms with Crippen LogP contribution in [-0.4, -0.2) is 44.8 Å². The Balaban J connectivity index is 1.92. The van der Waals surface area contributed by atoms with Gasteiger partial charge in [-0.2, -0.15) is 4.31 Å². The molecule has 0 aliphatic carbocycles. The quantitative estimate of drug-likeness (QED) is 0.587. The molecule has 1 aromatic carbocycles. The molecule has 1 saturated heterocycles. The number of carbonyl (C=O) groups excluding carboxylic acids is 2. The van der Waals surface area contributed by atoms with Gasteiger partial charge in [-0.15, -0.1) is 11.3 Å². The summed E-state index contributed by atoms with van der Waals surface area (Å²) in [5.41, 5.74) is 1.13. The SMILES string of the molecule is COC(=O)c1c(CC(C)C)csc1NC(=O)c1cc(S(=O)(=O)N2CCCC2)ccc1Cl. The van der Waals surface area contributed by atoms with Gasteiger partial charge in [-0.1, -0.05) is 25.4 Å². The third-order valence-electron chi connectivity index (χ3n) is 5.00. The summed E-state index contributed by atoms with van der Waals surface area (Å²) in [6.07, 6.45) is 2.28. The Labute approximate surface area is 191 Å². The maximum Gasteiger partial charge on any atom is 0.341 e. The number of nitrogens with one attached hydrogen (secondary N) is 1. The summed E-state index contributed by atoms with van der Waals surface area (Å²) in [7, 11) is -2.41. The van der Waals surface area contributed by atoms with Gasteiger partial charge in [0.05, 0.1) is 28.2 Å². The Morgan fingerprint density at radius 2 is 1.94 bits per heavy atom. The van der Waals surface area contributed by atoms with Crippen molar-refractivity contribution in [3.63, 3.8) is 0 Å². The highest BCUT2D eigenvalue weighted by molar-refractivity contribution is 7.89. The second-order valence-electron chi connectivity index (χ2n) is 7.76. The van der Waals surface area contributed by atoms with Gasteiger partial charge in [0.25, 0.3) is 5.91 Å². The molecule has 2 heterocycles. The molecule has 10 heteroatoms. The Kier molecular flexibility index (Phi) is 7.41. The molecule has 1 aromatic heterocycles. The summed E-state index contributed by atoms with van der Waals surface area (Å²) >= 11 is 7.43. The first-order valence-corrected chi connectivity index (χ1v) is 12.6. The van der Waals surface area contributed by atoms with Crippen LogP contribution >= 0.6 is 22.9 Å². The van der Waals surface area contributed by atoms with Gasteiger partial charge in [0.2, 0.25) is 10.0 Å². The number of carbonyl (C=O) groups is 2. The minimum Gasteiger partial charge on any atom is -0.465 e. The molecular formula is C21H25ClN2O5S2. The first-order chi connectivity index (χ1) is 14.6. The van der Waals surface area contributed by atoms with E-state index in [2.05, 4.69) is 5.32 Å². The van der Waals surface area contributed by atoms with E-state index in [9.17, 15) is 18.0 Å². The fourth-order valence-electron chi connectivity index (χ4n) is 3.49. The van der Waals surface area contributed by atoms with Gasteiger partial charge in [-0.05, 0) is 54.3 Å². The molecule has 2 aromatic rings. The Hall–Kier alpha value is -1.94. The van der Waals surface area contributed by atoms with Crippen molar-refractivity contribution in [3.8, 4) is 0 Å². The number of sulfonamides is 1. The average Bonchev–Trinajstić information content (AvgIpc) is 3.38. The van der Waals surface area contributed by atoms with E-state index in [0.717, 1.165) is 18.4 Å². The van der Waals surface area contributed by atoms with Crippen molar-refractivity contribution in [2.75, 3.05) is 25.5 Å². The normalized spacial score (nSPS) is 14.7. The monoisotopic (exact) mass is 484 g/mol. The van der Waals surface area contributed by atoms with Crippen molar-refractivity contribution in [1.82, 2.24) is 4.31 Å². The van der Waals surface area contributed by atoms with Crippen LogP contribution in [0.4, 0.5) is 5.00 Å². The van der Waals surface area contributed by atoms with Gasteiger partial charge < -0.3 is 10.1 Å². The van der Waals surface area contributed by atoms with E-state index in [-0.39, 0.29) is 15.5 Å². The molecule has 3 rings (SSSR count). The van der Waals surface area contributed by atoms with Gasteiger partial charge >= 0.3 is 5.97 Å². The molecular weight excluding hydrogens is 460 g/mol. The number of hydrogen-bond acceptors (Lipinski definition) is 6. The van der Waals surface area contributed by atoms with Crippen molar-refractivity contribution >= 4 is 49.8 Å². The van der Waals surface area contributed by atoms with Crippen LogP contribution in [0.1, 0.15) is 53.0 Å². The van der Waals surface area contributed by atoms with Crippen LogP contribution in [0.25, 0.3) is 0 Å². The number of esters is 1. The lowest BCUT2D eigenvalue weighted by atomic mass is 10.0. The minimum atomic E-state index is -3.70. The van der Waals surface area contributed by atoms with Crippen LogP contribution in [0.5, 0.6) is 0 Å². The number of thiophene rings is 1. The highest BCUT2D eigenvalue weighted by atomic mass is 35.5. The van der Waals surface area contributed by atoms with Crippen molar-refractivity contribution in [3.05, 3.63) is 45.3 Å². The zero-order valence-electron chi connectivity index (χ0n) is 17.6. The van der Waals surface area contributed by atoms with Crippen molar-refractivity contribution < 1.29 is 22.7 Å². The fraction of sp³-hybridized carbons (Fsp3) is 0.429. The summed E-state index contributed by atoms with van der Waals surface area (Å²) in [4.78, 5) is 25.3. The summed E-state index contributed by atoms with van der Waals surface area (Å²) in [6.45, 7) is 4.98. The van der Waals surface area contributed by atoms with E-state index < -0.39 is 21.9 Å². The molecule has 0 atom stereocenters. The molecule has 31 heavy (non-hydrogen) atoms. The van der Waals surface area contributed by atoms with Gasteiger partial charge in [-0.25, -0.2) is 13.2 Å². The van der Waals surface area contributed by atoms with E-state index in [0.29, 0.717) is 36.0 Å². The highest BCUT2D eigenvalue weighted by Gasteiger charge is 2.29. The lowest BCUT2D eigenvalue weighted by molar-refractivity contribution is 0.0601. The molecule has 0 saturated carbocycles. The third-order valence-corrected chi connectivity index (χ3v) is 8.17. The smallest absolute Gasteiger partial charge is 0.341 e. The zero-order valence-corrected chi connectivity index (χ0v) is 20.0. The molecule has 0 unspecified atom stereocenters. The summed E-state index contributed by atoms with van der Waals surface area (Å²) < 4.78 is 32.0. The van der Waals surface area contributed by atoms with Gasteiger partial charge in [0, 0.05) is 13.1 Å². The minimum absolute atomic E-state index is 0.0174. The molecule has 1 fully saturated rings. The Morgan fingerprint density at radius 1 is 1.26 bits per heavy atom. The molecule has 0 radical (unpaired) electrons. The Bertz CT molecular complexity index is 1090. The lowest BCUT2D eigenvalue weighted by Crippen LogP contribution is -2.28. The molecule has 0 bridgehead atoms.